The van der Waals surface area contributed by atoms with Gasteiger partial charge in [-0.05, 0) is 12.5 Å². The number of pyridine rings is 1. The third-order valence-corrected chi connectivity index (χ3v) is 4.48. The number of aliphatic hydroxyl groups is 1. The van der Waals surface area contributed by atoms with Gasteiger partial charge in [-0.15, -0.1) is 0 Å². The van der Waals surface area contributed by atoms with Gasteiger partial charge in [0.15, 0.2) is 11.4 Å². The molecular weight excluding hydrogens is 318 g/mol. The number of rotatable bonds is 3. The first-order chi connectivity index (χ1) is 11.0. The zero-order chi connectivity index (χ0) is 16.6. The Morgan fingerprint density at radius 3 is 3.00 bits per heavy atom. The summed E-state index contributed by atoms with van der Waals surface area (Å²) in [6, 6.07) is 2.14. The van der Waals surface area contributed by atoms with E-state index in [9.17, 15) is 10.4 Å². The van der Waals surface area contributed by atoms with E-state index in [-0.39, 0.29) is 12.4 Å². The highest BCUT2D eigenvalue weighted by molar-refractivity contribution is 6.31. The minimum Gasteiger partial charge on any atom is -0.378 e. The normalized spacial score (nSPS) is 20.7. The number of hydrogen-bond acceptors (Lipinski definition) is 7. The fourth-order valence-electron chi connectivity index (χ4n) is 2.68. The Labute approximate surface area is 138 Å². The molecule has 0 bridgehead atoms. The molecule has 1 unspecified atom stereocenters. The van der Waals surface area contributed by atoms with E-state index in [1.165, 1.54) is 6.20 Å². The first-order valence-corrected chi connectivity index (χ1v) is 7.72. The summed E-state index contributed by atoms with van der Waals surface area (Å²) in [5.41, 5.74) is -0.135. The summed E-state index contributed by atoms with van der Waals surface area (Å²) in [5, 5.41) is 24.5. The van der Waals surface area contributed by atoms with Crippen LogP contribution >= 0.6 is 11.6 Å². The maximum absolute atomic E-state index is 10.8. The zero-order valence-corrected chi connectivity index (χ0v) is 13.6. The minimum atomic E-state index is -1.23. The van der Waals surface area contributed by atoms with E-state index in [2.05, 4.69) is 21.2 Å². The van der Waals surface area contributed by atoms with Crippen LogP contribution in [0.25, 0.3) is 0 Å². The molecule has 23 heavy (non-hydrogen) atoms. The zero-order valence-electron chi connectivity index (χ0n) is 12.9. The standard InChI is InChI=1S/C15H16ClN5O2/c1-3-12-19-14(23-20-12)15(22)4-5-21(8-15)13-10(6-17)9(2)11(16)7-18-13/h7,22H,3-5,8H2,1-2H3. The number of aromatic nitrogens is 3. The van der Waals surface area contributed by atoms with Gasteiger partial charge >= 0.3 is 0 Å². The van der Waals surface area contributed by atoms with E-state index in [1.807, 2.05) is 11.8 Å². The van der Waals surface area contributed by atoms with Crippen molar-refractivity contribution in [1.29, 1.82) is 5.26 Å². The van der Waals surface area contributed by atoms with E-state index in [0.717, 1.165) is 0 Å². The summed E-state index contributed by atoms with van der Waals surface area (Å²) in [4.78, 5) is 10.3. The Kier molecular flexibility index (Phi) is 3.96. The molecule has 7 nitrogen and oxygen atoms in total. The predicted molar refractivity (Wildman–Crippen MR) is 83.1 cm³/mol. The van der Waals surface area contributed by atoms with Crippen molar-refractivity contribution in [3.63, 3.8) is 0 Å². The molecule has 3 rings (SSSR count). The molecule has 0 aliphatic carbocycles. The van der Waals surface area contributed by atoms with Crippen molar-refractivity contribution in [3.05, 3.63) is 34.1 Å². The van der Waals surface area contributed by atoms with Crippen LogP contribution in [0.15, 0.2) is 10.7 Å². The van der Waals surface area contributed by atoms with Crippen molar-refractivity contribution in [2.24, 2.45) is 0 Å². The van der Waals surface area contributed by atoms with Crippen molar-refractivity contribution in [2.75, 3.05) is 18.0 Å². The molecule has 0 spiro atoms. The van der Waals surface area contributed by atoms with Crippen molar-refractivity contribution < 1.29 is 9.63 Å². The van der Waals surface area contributed by atoms with Gasteiger partial charge in [-0.3, -0.25) is 0 Å². The molecule has 8 heteroatoms. The van der Waals surface area contributed by atoms with Crippen LogP contribution in [0.1, 0.15) is 36.2 Å². The quantitative estimate of drug-likeness (QED) is 0.916. The van der Waals surface area contributed by atoms with Gasteiger partial charge in [0.1, 0.15) is 11.9 Å². The molecule has 2 aromatic rings. The summed E-state index contributed by atoms with van der Waals surface area (Å²) in [6.07, 6.45) is 2.58. The fourth-order valence-corrected chi connectivity index (χ4v) is 2.82. The lowest BCUT2D eigenvalue weighted by molar-refractivity contribution is 0.0259. The molecule has 0 saturated carbocycles. The average Bonchev–Trinajstić information content (AvgIpc) is 3.17. The highest BCUT2D eigenvalue weighted by atomic mass is 35.5. The maximum Gasteiger partial charge on any atom is 0.260 e. The molecule has 1 fully saturated rings. The Balaban J connectivity index is 1.91. The average molecular weight is 334 g/mol. The number of β-amino-alcohol motifs (C(OH)–C–C–N with tert-alkyl or cyclic N) is 1. The number of halogens is 1. The SMILES string of the molecule is CCc1noc(C2(O)CCN(c3ncc(Cl)c(C)c3C#N)C2)n1. The summed E-state index contributed by atoms with van der Waals surface area (Å²) in [7, 11) is 0. The molecule has 1 aliphatic heterocycles. The second-order valence-corrected chi connectivity index (χ2v) is 6.02. The van der Waals surface area contributed by atoms with Gasteiger partial charge in [0.05, 0.1) is 17.1 Å². The Morgan fingerprint density at radius 2 is 2.35 bits per heavy atom. The highest BCUT2D eigenvalue weighted by Crippen LogP contribution is 2.35. The lowest BCUT2D eigenvalue weighted by atomic mass is 10.0. The number of anilines is 1. The monoisotopic (exact) mass is 333 g/mol. The molecule has 1 aliphatic rings. The summed E-state index contributed by atoms with van der Waals surface area (Å²) >= 11 is 6.03. The van der Waals surface area contributed by atoms with Gasteiger partial charge in [0.2, 0.25) is 0 Å². The lowest BCUT2D eigenvalue weighted by Gasteiger charge is -2.22. The number of nitriles is 1. The van der Waals surface area contributed by atoms with Gasteiger partial charge in [-0.25, -0.2) is 4.98 Å². The van der Waals surface area contributed by atoms with Crippen LogP contribution in [0, 0.1) is 18.3 Å². The van der Waals surface area contributed by atoms with Crippen molar-refractivity contribution in [1.82, 2.24) is 15.1 Å². The van der Waals surface area contributed by atoms with Gasteiger partial charge in [-0.2, -0.15) is 10.2 Å². The predicted octanol–water partition coefficient (Wildman–Crippen LogP) is 1.96. The Morgan fingerprint density at radius 1 is 1.57 bits per heavy atom. The van der Waals surface area contributed by atoms with Crippen LogP contribution in [-0.2, 0) is 12.0 Å². The summed E-state index contributed by atoms with van der Waals surface area (Å²) < 4.78 is 5.18. The van der Waals surface area contributed by atoms with Crippen molar-refractivity contribution >= 4 is 17.4 Å². The highest BCUT2D eigenvalue weighted by Gasteiger charge is 2.43. The molecule has 3 heterocycles. The fraction of sp³-hybridized carbons (Fsp3) is 0.467. The molecule has 1 atom stereocenters. The van der Waals surface area contributed by atoms with E-state index < -0.39 is 5.60 Å². The molecule has 1 saturated heterocycles. The van der Waals surface area contributed by atoms with Crippen LogP contribution in [0.3, 0.4) is 0 Å². The van der Waals surface area contributed by atoms with Gasteiger partial charge < -0.3 is 14.5 Å². The van der Waals surface area contributed by atoms with Crippen molar-refractivity contribution in [3.8, 4) is 6.07 Å². The van der Waals surface area contributed by atoms with Crippen LogP contribution in [0.5, 0.6) is 0 Å². The number of hydrogen-bond donors (Lipinski definition) is 1. The van der Waals surface area contributed by atoms with E-state index in [0.29, 0.717) is 47.2 Å². The minimum absolute atomic E-state index is 0.209. The summed E-state index contributed by atoms with van der Waals surface area (Å²) in [5.74, 6) is 1.28. The third kappa shape index (κ3) is 2.64. The molecular formula is C15H16ClN5O2. The van der Waals surface area contributed by atoms with E-state index in [1.54, 1.807) is 6.92 Å². The smallest absolute Gasteiger partial charge is 0.260 e. The van der Waals surface area contributed by atoms with Gasteiger partial charge in [-0.1, -0.05) is 23.7 Å². The third-order valence-electron chi connectivity index (χ3n) is 4.10. The number of nitrogens with zero attached hydrogens (tertiary/aromatic N) is 5. The molecule has 1 N–H and O–H groups in total. The topological polar surface area (TPSA) is 99.1 Å². The van der Waals surface area contributed by atoms with E-state index >= 15 is 0 Å². The largest absolute Gasteiger partial charge is 0.378 e. The Bertz CT molecular complexity index is 785. The molecule has 0 amide bonds. The lowest BCUT2D eigenvalue weighted by Crippen LogP contribution is -2.32. The van der Waals surface area contributed by atoms with Gasteiger partial charge in [0, 0.05) is 25.6 Å². The molecule has 0 radical (unpaired) electrons. The van der Waals surface area contributed by atoms with Crippen LogP contribution in [0.2, 0.25) is 5.02 Å². The van der Waals surface area contributed by atoms with Crippen LogP contribution in [-0.4, -0.2) is 33.3 Å². The van der Waals surface area contributed by atoms with E-state index in [4.69, 9.17) is 16.1 Å². The second-order valence-electron chi connectivity index (χ2n) is 5.61. The second kappa shape index (κ2) is 5.80. The first-order valence-electron chi connectivity index (χ1n) is 7.34. The van der Waals surface area contributed by atoms with Gasteiger partial charge in [0.25, 0.3) is 5.89 Å². The number of aryl methyl sites for hydroxylation is 1. The summed E-state index contributed by atoms with van der Waals surface area (Å²) in [6.45, 7) is 4.46. The molecule has 2 aromatic heterocycles. The Hall–Kier alpha value is -2.17. The van der Waals surface area contributed by atoms with Crippen molar-refractivity contribution in [2.45, 2.75) is 32.3 Å². The maximum atomic E-state index is 10.8. The van der Waals surface area contributed by atoms with Crippen LogP contribution < -0.4 is 4.90 Å². The van der Waals surface area contributed by atoms with Crippen LogP contribution in [0.4, 0.5) is 5.82 Å². The molecule has 120 valence electrons. The first kappa shape index (κ1) is 15.7. The molecule has 0 aromatic carbocycles.